The number of halogens is 1. The van der Waals surface area contributed by atoms with Crippen LogP contribution in [0.25, 0.3) is 10.2 Å². The molecule has 0 unspecified atom stereocenters. The molecule has 0 fully saturated rings. The summed E-state index contributed by atoms with van der Waals surface area (Å²) in [6, 6.07) is 2.01. The number of hydrogen-bond donors (Lipinski definition) is 0. The van der Waals surface area contributed by atoms with Crippen LogP contribution in [0.2, 0.25) is 0 Å². The second-order valence-corrected chi connectivity index (χ2v) is 4.68. The van der Waals surface area contributed by atoms with Gasteiger partial charge in [0.2, 0.25) is 0 Å². The van der Waals surface area contributed by atoms with Crippen molar-refractivity contribution in [3.63, 3.8) is 0 Å². The summed E-state index contributed by atoms with van der Waals surface area (Å²) in [5.41, 5.74) is 1.02. The molecule has 0 aliphatic rings. The largest absolute Gasteiger partial charge is 0.240 e. The lowest BCUT2D eigenvalue weighted by atomic mass is 10.5. The molecule has 0 aromatic carbocycles. The Balaban J connectivity index is 2.82. The Bertz CT molecular complexity index is 396. The summed E-state index contributed by atoms with van der Waals surface area (Å²) < 4.78 is 2.23. The molecule has 2 nitrogen and oxygen atoms in total. The van der Waals surface area contributed by atoms with Crippen molar-refractivity contribution in [1.29, 1.82) is 0 Å². The number of rotatable bonds is 0. The van der Waals surface area contributed by atoms with Crippen molar-refractivity contribution in [3.8, 4) is 0 Å². The lowest BCUT2D eigenvalue weighted by Crippen LogP contribution is -1.83. The maximum atomic E-state index is 4.27. The fraction of sp³-hybridized carbons (Fsp3) is 0.143. The monoisotopic (exact) mass is 228 g/mol. The van der Waals surface area contributed by atoms with Gasteiger partial charge in [0, 0.05) is 6.20 Å². The first-order chi connectivity index (χ1) is 5.25. The summed E-state index contributed by atoms with van der Waals surface area (Å²) in [5.74, 6) is 0.822. The van der Waals surface area contributed by atoms with Crippen molar-refractivity contribution in [1.82, 2.24) is 9.97 Å². The van der Waals surface area contributed by atoms with Gasteiger partial charge in [0.15, 0.2) is 0 Å². The van der Waals surface area contributed by atoms with E-state index in [1.54, 1.807) is 11.3 Å². The van der Waals surface area contributed by atoms with Crippen LogP contribution in [0.3, 0.4) is 0 Å². The fourth-order valence-corrected chi connectivity index (χ4v) is 2.34. The number of aromatic nitrogens is 2. The van der Waals surface area contributed by atoms with Crippen LogP contribution in [-0.2, 0) is 0 Å². The molecule has 0 N–H and O–H groups in total. The summed E-state index contributed by atoms with van der Waals surface area (Å²) in [5, 5.41) is 0. The zero-order chi connectivity index (χ0) is 7.84. The molecule has 0 saturated carbocycles. The third-order valence-electron chi connectivity index (χ3n) is 1.36. The maximum absolute atomic E-state index is 4.27. The Morgan fingerprint density at radius 2 is 2.36 bits per heavy atom. The van der Waals surface area contributed by atoms with Gasteiger partial charge in [-0.15, -0.1) is 11.3 Å². The molecular formula is C7H5BrN2S. The van der Waals surface area contributed by atoms with E-state index < -0.39 is 0 Å². The highest BCUT2D eigenvalue weighted by atomic mass is 79.9. The number of thiophene rings is 1. The molecule has 0 bridgehead atoms. The van der Waals surface area contributed by atoms with E-state index >= 15 is 0 Å². The number of nitrogens with zero attached hydrogens (tertiary/aromatic N) is 2. The number of aryl methyl sites for hydroxylation is 1. The minimum Gasteiger partial charge on any atom is -0.240 e. The van der Waals surface area contributed by atoms with Crippen LogP contribution in [0.15, 0.2) is 16.0 Å². The summed E-state index contributed by atoms with van der Waals surface area (Å²) in [4.78, 5) is 8.36. The Kier molecular flexibility index (Phi) is 1.65. The Morgan fingerprint density at radius 1 is 1.55 bits per heavy atom. The van der Waals surface area contributed by atoms with Gasteiger partial charge in [0.05, 0.1) is 14.0 Å². The molecule has 0 amide bonds. The highest BCUT2D eigenvalue weighted by Gasteiger charge is 2.00. The minimum atomic E-state index is 0.822. The highest BCUT2D eigenvalue weighted by Crippen LogP contribution is 2.27. The van der Waals surface area contributed by atoms with E-state index in [0.717, 1.165) is 19.8 Å². The van der Waals surface area contributed by atoms with Gasteiger partial charge in [0.25, 0.3) is 0 Å². The van der Waals surface area contributed by atoms with Crippen LogP contribution in [0.1, 0.15) is 5.82 Å². The maximum Gasteiger partial charge on any atom is 0.125 e. The zero-order valence-electron chi connectivity index (χ0n) is 5.84. The van der Waals surface area contributed by atoms with Crippen molar-refractivity contribution in [3.05, 3.63) is 21.9 Å². The summed E-state index contributed by atoms with van der Waals surface area (Å²) in [6.45, 7) is 1.89. The van der Waals surface area contributed by atoms with Gasteiger partial charge in [-0.1, -0.05) is 0 Å². The quantitative estimate of drug-likeness (QED) is 0.694. The molecule has 0 atom stereocenters. The molecule has 2 aromatic rings. The second-order valence-electron chi connectivity index (χ2n) is 2.22. The van der Waals surface area contributed by atoms with Gasteiger partial charge >= 0.3 is 0 Å². The Hall–Kier alpha value is -0.480. The van der Waals surface area contributed by atoms with Gasteiger partial charge in [-0.05, 0) is 28.9 Å². The van der Waals surface area contributed by atoms with Gasteiger partial charge in [-0.2, -0.15) is 0 Å². The van der Waals surface area contributed by atoms with Crippen LogP contribution >= 0.6 is 27.3 Å². The Morgan fingerprint density at radius 3 is 3.18 bits per heavy atom. The predicted octanol–water partition coefficient (Wildman–Crippen LogP) is 2.76. The molecule has 11 heavy (non-hydrogen) atoms. The fourth-order valence-electron chi connectivity index (χ4n) is 0.900. The van der Waals surface area contributed by atoms with Crippen molar-refractivity contribution >= 4 is 37.5 Å². The summed E-state index contributed by atoms with van der Waals surface area (Å²) in [7, 11) is 0. The predicted molar refractivity (Wildman–Crippen MR) is 49.9 cm³/mol. The van der Waals surface area contributed by atoms with E-state index in [0.29, 0.717) is 0 Å². The Labute approximate surface area is 76.4 Å². The normalized spacial score (nSPS) is 10.7. The average molecular weight is 229 g/mol. The molecule has 0 aliphatic carbocycles. The van der Waals surface area contributed by atoms with Crippen molar-refractivity contribution < 1.29 is 0 Å². The van der Waals surface area contributed by atoms with E-state index in [9.17, 15) is 0 Å². The third-order valence-corrected chi connectivity index (χ3v) is 2.92. The van der Waals surface area contributed by atoms with Crippen LogP contribution in [-0.4, -0.2) is 9.97 Å². The smallest absolute Gasteiger partial charge is 0.125 e. The molecule has 2 aromatic heterocycles. The molecule has 0 aliphatic heterocycles. The molecule has 2 rings (SSSR count). The lowest BCUT2D eigenvalue weighted by Gasteiger charge is -1.88. The van der Waals surface area contributed by atoms with Gasteiger partial charge in [-0.25, -0.2) is 9.97 Å². The van der Waals surface area contributed by atoms with Gasteiger partial charge in [-0.3, -0.25) is 0 Å². The molecule has 2 heterocycles. The van der Waals surface area contributed by atoms with E-state index in [-0.39, 0.29) is 0 Å². The SMILES string of the molecule is Cc1ncc2sc(Br)cc2n1. The van der Waals surface area contributed by atoms with E-state index in [4.69, 9.17) is 0 Å². The summed E-state index contributed by atoms with van der Waals surface area (Å²) >= 11 is 5.05. The lowest BCUT2D eigenvalue weighted by molar-refractivity contribution is 1.10. The molecule has 0 spiro atoms. The molecule has 0 saturated heterocycles. The first kappa shape index (κ1) is 7.18. The second kappa shape index (κ2) is 2.53. The topological polar surface area (TPSA) is 25.8 Å². The molecule has 56 valence electrons. The van der Waals surface area contributed by atoms with E-state index in [1.807, 2.05) is 19.2 Å². The van der Waals surface area contributed by atoms with E-state index in [1.165, 1.54) is 0 Å². The van der Waals surface area contributed by atoms with E-state index in [2.05, 4.69) is 25.9 Å². The van der Waals surface area contributed by atoms with Crippen LogP contribution in [0.5, 0.6) is 0 Å². The first-order valence-corrected chi connectivity index (χ1v) is 4.75. The van der Waals surface area contributed by atoms with Crippen molar-refractivity contribution in [2.45, 2.75) is 6.92 Å². The van der Waals surface area contributed by atoms with Crippen molar-refractivity contribution in [2.75, 3.05) is 0 Å². The standard InChI is InChI=1S/C7H5BrN2S/c1-4-9-3-6-5(10-4)2-7(8)11-6/h2-3H,1H3. The average Bonchev–Trinajstić information content (AvgIpc) is 2.27. The van der Waals surface area contributed by atoms with Crippen LogP contribution in [0.4, 0.5) is 0 Å². The number of fused-ring (bicyclic) bond motifs is 1. The van der Waals surface area contributed by atoms with Gasteiger partial charge in [0.1, 0.15) is 5.82 Å². The van der Waals surface area contributed by atoms with Crippen LogP contribution in [0, 0.1) is 6.92 Å². The summed E-state index contributed by atoms with van der Waals surface area (Å²) in [6.07, 6.45) is 1.85. The van der Waals surface area contributed by atoms with Crippen LogP contribution < -0.4 is 0 Å². The first-order valence-electron chi connectivity index (χ1n) is 3.14. The van der Waals surface area contributed by atoms with Gasteiger partial charge < -0.3 is 0 Å². The zero-order valence-corrected chi connectivity index (χ0v) is 8.24. The number of hydrogen-bond acceptors (Lipinski definition) is 3. The molecule has 4 heteroatoms. The highest BCUT2D eigenvalue weighted by molar-refractivity contribution is 9.11. The van der Waals surface area contributed by atoms with Crippen molar-refractivity contribution in [2.24, 2.45) is 0 Å². The molecular weight excluding hydrogens is 224 g/mol. The minimum absolute atomic E-state index is 0.822. The molecule has 0 radical (unpaired) electrons. The third kappa shape index (κ3) is 1.28.